The van der Waals surface area contributed by atoms with E-state index in [0.29, 0.717) is 12.2 Å². The summed E-state index contributed by atoms with van der Waals surface area (Å²) in [6.45, 7) is 7.25. The zero-order valence-corrected chi connectivity index (χ0v) is 20.3. The molecule has 0 amide bonds. The summed E-state index contributed by atoms with van der Waals surface area (Å²) in [7, 11) is 1.82. The van der Waals surface area contributed by atoms with Gasteiger partial charge in [0.1, 0.15) is 5.82 Å². The van der Waals surface area contributed by atoms with Crippen LogP contribution >= 0.6 is 24.0 Å². The maximum absolute atomic E-state index is 14.1. The number of morpholine rings is 1. The van der Waals surface area contributed by atoms with Crippen molar-refractivity contribution in [1.82, 2.24) is 10.2 Å². The Morgan fingerprint density at radius 2 is 1.52 bits per heavy atom. The van der Waals surface area contributed by atoms with Crippen LogP contribution in [0.5, 0.6) is 0 Å². The maximum atomic E-state index is 14.1. The summed E-state index contributed by atoms with van der Waals surface area (Å²) in [6, 6.07) is 15.5. The number of nitrogens with zero attached hydrogens (tertiary/aromatic N) is 4. The predicted octanol–water partition coefficient (Wildman–Crippen LogP) is 3.18. The lowest BCUT2D eigenvalue weighted by atomic mass is 10.1. The van der Waals surface area contributed by atoms with E-state index in [1.165, 1.54) is 17.3 Å². The van der Waals surface area contributed by atoms with Gasteiger partial charge in [0.25, 0.3) is 0 Å². The van der Waals surface area contributed by atoms with Gasteiger partial charge in [0, 0.05) is 58.5 Å². The van der Waals surface area contributed by atoms with Crippen molar-refractivity contribution in [1.29, 1.82) is 0 Å². The van der Waals surface area contributed by atoms with Crippen LogP contribution in [0.25, 0.3) is 0 Å². The molecule has 0 bridgehead atoms. The normalized spacial score (nSPS) is 17.4. The van der Waals surface area contributed by atoms with E-state index in [0.717, 1.165) is 58.4 Å². The minimum atomic E-state index is -0.159. The second-order valence-electron chi connectivity index (χ2n) is 7.55. The molecule has 0 atom stereocenters. The van der Waals surface area contributed by atoms with Crippen LogP contribution in [0.3, 0.4) is 0 Å². The SMILES string of the molecule is CN=C(NCc1ccccc1N1CCOCC1)N1CCN(c2ccccc2F)CC1.I. The average Bonchev–Trinajstić information content (AvgIpc) is 2.81. The van der Waals surface area contributed by atoms with Crippen LogP contribution in [-0.4, -0.2) is 70.4 Å². The van der Waals surface area contributed by atoms with Crippen molar-refractivity contribution in [2.24, 2.45) is 4.99 Å². The van der Waals surface area contributed by atoms with Gasteiger partial charge in [-0.2, -0.15) is 0 Å². The third-order valence-electron chi connectivity index (χ3n) is 5.76. The van der Waals surface area contributed by atoms with Gasteiger partial charge in [-0.3, -0.25) is 4.99 Å². The van der Waals surface area contributed by atoms with Crippen molar-refractivity contribution in [3.05, 3.63) is 59.9 Å². The predicted molar refractivity (Wildman–Crippen MR) is 135 cm³/mol. The van der Waals surface area contributed by atoms with Crippen LogP contribution in [0.15, 0.2) is 53.5 Å². The van der Waals surface area contributed by atoms with Crippen LogP contribution in [0, 0.1) is 5.82 Å². The van der Waals surface area contributed by atoms with E-state index < -0.39 is 0 Å². The first-order valence-corrected chi connectivity index (χ1v) is 10.6. The number of piperazine rings is 1. The van der Waals surface area contributed by atoms with E-state index in [1.807, 2.05) is 19.2 Å². The summed E-state index contributed by atoms with van der Waals surface area (Å²) in [4.78, 5) is 11.2. The first-order valence-electron chi connectivity index (χ1n) is 10.6. The van der Waals surface area contributed by atoms with Gasteiger partial charge in [0.05, 0.1) is 18.9 Å². The molecule has 6 nitrogen and oxygen atoms in total. The fraction of sp³-hybridized carbons (Fsp3) is 0.435. The molecule has 0 radical (unpaired) electrons. The molecular weight excluding hydrogens is 508 g/mol. The summed E-state index contributed by atoms with van der Waals surface area (Å²) in [5.41, 5.74) is 3.19. The molecule has 0 aromatic heterocycles. The van der Waals surface area contributed by atoms with Crippen LogP contribution in [0.1, 0.15) is 5.56 Å². The molecule has 1 N–H and O–H groups in total. The molecule has 168 valence electrons. The molecule has 0 saturated carbocycles. The van der Waals surface area contributed by atoms with Gasteiger partial charge in [0.15, 0.2) is 5.96 Å². The molecule has 2 aromatic carbocycles. The Labute approximate surface area is 201 Å². The Balaban J connectivity index is 0.00000272. The standard InChI is InChI=1S/C23H30FN5O.HI/c1-25-23(29-12-10-27(11-13-29)22-9-5-3-7-20(22)24)26-18-19-6-2-4-8-21(19)28-14-16-30-17-15-28;/h2-9H,10-18H2,1H3,(H,25,26);1H. The molecule has 2 fully saturated rings. The third-order valence-corrected chi connectivity index (χ3v) is 5.76. The van der Waals surface area contributed by atoms with E-state index in [-0.39, 0.29) is 29.8 Å². The largest absolute Gasteiger partial charge is 0.378 e. The van der Waals surface area contributed by atoms with Gasteiger partial charge >= 0.3 is 0 Å². The number of guanidine groups is 1. The molecule has 31 heavy (non-hydrogen) atoms. The monoisotopic (exact) mass is 539 g/mol. The Kier molecular flexibility index (Phi) is 8.77. The molecule has 2 aromatic rings. The maximum Gasteiger partial charge on any atom is 0.194 e. The van der Waals surface area contributed by atoms with Crippen molar-refractivity contribution in [3.8, 4) is 0 Å². The first-order chi connectivity index (χ1) is 14.8. The van der Waals surface area contributed by atoms with Gasteiger partial charge in [-0.05, 0) is 23.8 Å². The lowest BCUT2D eigenvalue weighted by Crippen LogP contribution is -2.52. The van der Waals surface area contributed by atoms with Gasteiger partial charge in [-0.15, -0.1) is 24.0 Å². The number of hydrogen-bond acceptors (Lipinski definition) is 4. The van der Waals surface area contributed by atoms with Crippen LogP contribution in [0.4, 0.5) is 15.8 Å². The zero-order chi connectivity index (χ0) is 20.8. The number of rotatable bonds is 4. The first kappa shape index (κ1) is 23.6. The summed E-state index contributed by atoms with van der Waals surface area (Å²) in [5.74, 6) is 0.730. The van der Waals surface area contributed by atoms with Gasteiger partial charge < -0.3 is 24.8 Å². The second-order valence-corrected chi connectivity index (χ2v) is 7.55. The molecule has 8 heteroatoms. The zero-order valence-electron chi connectivity index (χ0n) is 18.0. The summed E-state index contributed by atoms with van der Waals surface area (Å²) in [6.07, 6.45) is 0. The van der Waals surface area contributed by atoms with E-state index in [1.54, 1.807) is 6.07 Å². The lowest BCUT2D eigenvalue weighted by Gasteiger charge is -2.38. The fourth-order valence-corrected chi connectivity index (χ4v) is 4.15. The third kappa shape index (κ3) is 5.79. The molecule has 4 rings (SSSR count). The Morgan fingerprint density at radius 3 is 2.19 bits per heavy atom. The number of ether oxygens (including phenoxy) is 1. The number of para-hydroxylation sites is 2. The number of anilines is 2. The highest BCUT2D eigenvalue weighted by atomic mass is 127. The molecule has 0 spiro atoms. The summed E-state index contributed by atoms with van der Waals surface area (Å²) < 4.78 is 19.6. The molecule has 0 unspecified atom stereocenters. The number of halogens is 2. The topological polar surface area (TPSA) is 43.3 Å². The van der Waals surface area contributed by atoms with Crippen LogP contribution in [0.2, 0.25) is 0 Å². The van der Waals surface area contributed by atoms with Crippen LogP contribution < -0.4 is 15.1 Å². The van der Waals surface area contributed by atoms with Crippen molar-refractivity contribution < 1.29 is 9.13 Å². The number of benzene rings is 2. The van der Waals surface area contributed by atoms with E-state index in [2.05, 4.69) is 49.3 Å². The minimum Gasteiger partial charge on any atom is -0.378 e. The highest BCUT2D eigenvalue weighted by molar-refractivity contribution is 14.0. The molecule has 2 aliphatic heterocycles. The second kappa shape index (κ2) is 11.5. The minimum absolute atomic E-state index is 0. The van der Waals surface area contributed by atoms with Crippen molar-refractivity contribution >= 4 is 41.3 Å². The van der Waals surface area contributed by atoms with Crippen molar-refractivity contribution in [2.45, 2.75) is 6.54 Å². The van der Waals surface area contributed by atoms with Gasteiger partial charge in [-0.1, -0.05) is 30.3 Å². The number of aliphatic imine (C=N–C) groups is 1. The summed E-state index contributed by atoms with van der Waals surface area (Å²) in [5, 5.41) is 3.53. The lowest BCUT2D eigenvalue weighted by molar-refractivity contribution is 0.122. The van der Waals surface area contributed by atoms with Crippen molar-refractivity contribution in [3.63, 3.8) is 0 Å². The van der Waals surface area contributed by atoms with Gasteiger partial charge in [0.2, 0.25) is 0 Å². The molecule has 2 saturated heterocycles. The quantitative estimate of drug-likeness (QED) is 0.368. The van der Waals surface area contributed by atoms with Crippen LogP contribution in [-0.2, 0) is 11.3 Å². The van der Waals surface area contributed by atoms with E-state index >= 15 is 0 Å². The van der Waals surface area contributed by atoms with E-state index in [9.17, 15) is 4.39 Å². The Morgan fingerprint density at radius 1 is 0.903 bits per heavy atom. The molecular formula is C23H31FIN5O. The fourth-order valence-electron chi connectivity index (χ4n) is 4.15. The van der Waals surface area contributed by atoms with Crippen molar-refractivity contribution in [2.75, 3.05) is 69.3 Å². The molecule has 0 aliphatic carbocycles. The number of nitrogens with one attached hydrogen (secondary N) is 1. The highest BCUT2D eigenvalue weighted by Gasteiger charge is 2.22. The highest BCUT2D eigenvalue weighted by Crippen LogP contribution is 2.22. The number of hydrogen-bond donors (Lipinski definition) is 1. The van der Waals surface area contributed by atoms with Gasteiger partial charge in [-0.25, -0.2) is 4.39 Å². The summed E-state index contributed by atoms with van der Waals surface area (Å²) >= 11 is 0. The molecule has 2 aliphatic rings. The Bertz CT molecular complexity index is 867. The van der Waals surface area contributed by atoms with E-state index in [4.69, 9.17) is 4.74 Å². The Hall–Kier alpha value is -2.07. The smallest absolute Gasteiger partial charge is 0.194 e. The molecule has 2 heterocycles. The average molecular weight is 539 g/mol.